The van der Waals surface area contributed by atoms with Gasteiger partial charge < -0.3 is 5.73 Å². The van der Waals surface area contributed by atoms with Gasteiger partial charge in [0.15, 0.2) is 0 Å². The Morgan fingerprint density at radius 3 is 2.71 bits per heavy atom. The van der Waals surface area contributed by atoms with Crippen LogP contribution in [0.3, 0.4) is 0 Å². The minimum Gasteiger partial charge on any atom is -0.320 e. The first-order valence-electron chi connectivity index (χ1n) is 6.34. The van der Waals surface area contributed by atoms with Crippen LogP contribution in [0.2, 0.25) is 0 Å². The van der Waals surface area contributed by atoms with Gasteiger partial charge in [-0.1, -0.05) is 17.9 Å². The highest BCUT2D eigenvalue weighted by molar-refractivity contribution is 6.34. The SMILES string of the molecule is NCC#Cc1cccc(N2C(=O)c3ccncc3C2=O)c1. The van der Waals surface area contributed by atoms with Crippen LogP contribution < -0.4 is 10.6 Å². The predicted octanol–water partition coefficient (Wildman–Crippen LogP) is 1.19. The number of pyridine rings is 1. The molecule has 1 aliphatic heterocycles. The maximum Gasteiger partial charge on any atom is 0.267 e. The molecule has 2 heterocycles. The Bertz CT molecular complexity index is 767. The minimum absolute atomic E-state index is 0.253. The molecule has 2 aromatic rings. The number of hydrogen-bond acceptors (Lipinski definition) is 4. The zero-order chi connectivity index (χ0) is 14.8. The van der Waals surface area contributed by atoms with Gasteiger partial charge in [-0.25, -0.2) is 4.90 Å². The van der Waals surface area contributed by atoms with Crippen LogP contribution in [0.25, 0.3) is 0 Å². The molecule has 0 bridgehead atoms. The molecule has 0 aliphatic carbocycles. The molecule has 3 rings (SSSR count). The first-order chi connectivity index (χ1) is 10.2. The lowest BCUT2D eigenvalue weighted by Crippen LogP contribution is -2.29. The number of carbonyl (C=O) groups excluding carboxylic acids is 2. The lowest BCUT2D eigenvalue weighted by Gasteiger charge is -2.13. The van der Waals surface area contributed by atoms with Crippen LogP contribution in [-0.4, -0.2) is 23.3 Å². The van der Waals surface area contributed by atoms with Gasteiger partial charge in [0.1, 0.15) is 0 Å². The van der Waals surface area contributed by atoms with Gasteiger partial charge in [0, 0.05) is 18.0 Å². The first-order valence-corrected chi connectivity index (χ1v) is 6.34. The summed E-state index contributed by atoms with van der Waals surface area (Å²) in [6, 6.07) is 8.48. The highest BCUT2D eigenvalue weighted by Gasteiger charge is 2.36. The number of fused-ring (bicyclic) bond motifs is 1. The summed E-state index contributed by atoms with van der Waals surface area (Å²) in [5.74, 6) is 4.91. The molecule has 0 saturated heterocycles. The van der Waals surface area contributed by atoms with Crippen molar-refractivity contribution in [2.24, 2.45) is 5.73 Å². The smallest absolute Gasteiger partial charge is 0.267 e. The van der Waals surface area contributed by atoms with E-state index in [9.17, 15) is 9.59 Å². The van der Waals surface area contributed by atoms with Gasteiger partial charge in [-0.2, -0.15) is 0 Å². The summed E-state index contributed by atoms with van der Waals surface area (Å²) in [6.07, 6.45) is 2.91. The molecular weight excluding hydrogens is 266 g/mol. The highest BCUT2D eigenvalue weighted by atomic mass is 16.2. The minimum atomic E-state index is -0.368. The molecule has 0 radical (unpaired) electrons. The van der Waals surface area contributed by atoms with Crippen molar-refractivity contribution >= 4 is 17.5 Å². The molecule has 1 aliphatic rings. The second-order valence-electron chi connectivity index (χ2n) is 4.42. The fourth-order valence-corrected chi connectivity index (χ4v) is 2.19. The van der Waals surface area contributed by atoms with Crippen LogP contribution in [0, 0.1) is 11.8 Å². The van der Waals surface area contributed by atoms with E-state index in [4.69, 9.17) is 5.73 Å². The number of rotatable bonds is 1. The van der Waals surface area contributed by atoms with Gasteiger partial charge in [-0.15, -0.1) is 0 Å². The Kier molecular flexibility index (Phi) is 3.22. The third-order valence-corrected chi connectivity index (χ3v) is 3.13. The van der Waals surface area contributed by atoms with Crippen molar-refractivity contribution in [2.75, 3.05) is 11.4 Å². The number of hydrogen-bond donors (Lipinski definition) is 1. The molecule has 0 atom stereocenters. The van der Waals surface area contributed by atoms with E-state index in [1.807, 2.05) is 0 Å². The Balaban J connectivity index is 2.03. The number of benzene rings is 1. The summed E-state index contributed by atoms with van der Waals surface area (Å²) in [5, 5.41) is 0. The number of nitrogens with two attached hydrogens (primary N) is 1. The number of carbonyl (C=O) groups is 2. The van der Waals surface area contributed by atoms with Gasteiger partial charge >= 0.3 is 0 Å². The van der Waals surface area contributed by atoms with Crippen molar-refractivity contribution in [3.63, 3.8) is 0 Å². The summed E-state index contributed by atoms with van der Waals surface area (Å²) in [5.41, 5.74) is 7.22. The quantitative estimate of drug-likeness (QED) is 0.627. The predicted molar refractivity (Wildman–Crippen MR) is 77.8 cm³/mol. The molecule has 21 heavy (non-hydrogen) atoms. The molecule has 0 fully saturated rings. The zero-order valence-electron chi connectivity index (χ0n) is 11.0. The third kappa shape index (κ3) is 2.18. The molecule has 0 spiro atoms. The molecular formula is C16H11N3O2. The number of aromatic nitrogens is 1. The summed E-state index contributed by atoms with van der Waals surface area (Å²) < 4.78 is 0. The van der Waals surface area contributed by atoms with E-state index in [1.54, 1.807) is 30.3 Å². The van der Waals surface area contributed by atoms with Gasteiger partial charge in [0.25, 0.3) is 11.8 Å². The third-order valence-electron chi connectivity index (χ3n) is 3.13. The van der Waals surface area contributed by atoms with Crippen molar-refractivity contribution < 1.29 is 9.59 Å². The largest absolute Gasteiger partial charge is 0.320 e. The first kappa shape index (κ1) is 13.0. The molecule has 2 N–H and O–H groups in total. The molecule has 5 nitrogen and oxygen atoms in total. The van der Waals surface area contributed by atoms with E-state index >= 15 is 0 Å². The van der Waals surface area contributed by atoms with Gasteiger partial charge in [0.05, 0.1) is 23.4 Å². The molecule has 0 unspecified atom stereocenters. The van der Waals surface area contributed by atoms with Crippen molar-refractivity contribution in [3.05, 3.63) is 59.4 Å². The number of amides is 2. The molecule has 2 amide bonds. The van der Waals surface area contributed by atoms with Gasteiger partial charge in [-0.3, -0.25) is 14.6 Å². The van der Waals surface area contributed by atoms with Gasteiger partial charge in [-0.05, 0) is 24.3 Å². The molecule has 102 valence electrons. The average Bonchev–Trinajstić information content (AvgIpc) is 2.78. The molecule has 5 heteroatoms. The van der Waals surface area contributed by atoms with Gasteiger partial charge in [0.2, 0.25) is 0 Å². The van der Waals surface area contributed by atoms with E-state index in [0.29, 0.717) is 22.4 Å². The van der Waals surface area contributed by atoms with Crippen molar-refractivity contribution in [2.45, 2.75) is 0 Å². The van der Waals surface area contributed by atoms with Crippen molar-refractivity contribution in [3.8, 4) is 11.8 Å². The molecule has 0 saturated carbocycles. The lowest BCUT2D eigenvalue weighted by molar-refractivity contribution is 0.0926. The zero-order valence-corrected chi connectivity index (χ0v) is 11.0. The van der Waals surface area contributed by atoms with Crippen LogP contribution in [0.1, 0.15) is 26.3 Å². The Labute approximate surface area is 121 Å². The van der Waals surface area contributed by atoms with Crippen LogP contribution in [0.5, 0.6) is 0 Å². The summed E-state index contributed by atoms with van der Waals surface area (Å²) in [6.45, 7) is 0.253. The average molecular weight is 277 g/mol. The van der Waals surface area contributed by atoms with Crippen LogP contribution in [0.15, 0.2) is 42.7 Å². The van der Waals surface area contributed by atoms with Crippen LogP contribution in [0.4, 0.5) is 5.69 Å². The van der Waals surface area contributed by atoms with E-state index < -0.39 is 0 Å². The second kappa shape index (κ2) is 5.19. The fraction of sp³-hybridized carbons (Fsp3) is 0.0625. The lowest BCUT2D eigenvalue weighted by atomic mass is 10.2. The monoisotopic (exact) mass is 277 g/mol. The maximum atomic E-state index is 12.4. The van der Waals surface area contributed by atoms with Crippen molar-refractivity contribution in [1.82, 2.24) is 4.98 Å². The normalized spacial score (nSPS) is 12.9. The van der Waals surface area contributed by atoms with Crippen LogP contribution in [-0.2, 0) is 0 Å². The second-order valence-corrected chi connectivity index (χ2v) is 4.42. The van der Waals surface area contributed by atoms with Crippen LogP contribution >= 0.6 is 0 Å². The van der Waals surface area contributed by atoms with Crippen molar-refractivity contribution in [1.29, 1.82) is 0 Å². The topological polar surface area (TPSA) is 76.3 Å². The summed E-state index contributed by atoms with van der Waals surface area (Å²) >= 11 is 0. The number of anilines is 1. The van der Waals surface area contributed by atoms with E-state index in [1.165, 1.54) is 12.4 Å². The summed E-state index contributed by atoms with van der Waals surface area (Å²) in [7, 11) is 0. The Hall–Kier alpha value is -2.97. The maximum absolute atomic E-state index is 12.4. The number of imide groups is 1. The number of nitrogens with zero attached hydrogens (tertiary/aromatic N) is 2. The van der Waals surface area contributed by atoms with E-state index in [0.717, 1.165) is 4.90 Å². The standard InChI is InChI=1S/C16H11N3O2/c17-7-2-4-11-3-1-5-12(9-11)19-15(20)13-6-8-18-10-14(13)16(19)21/h1,3,5-6,8-10H,7,17H2. The van der Waals surface area contributed by atoms with E-state index in [-0.39, 0.29) is 18.4 Å². The summed E-state index contributed by atoms with van der Waals surface area (Å²) in [4.78, 5) is 29.7. The Morgan fingerprint density at radius 1 is 1.14 bits per heavy atom. The molecule has 1 aromatic heterocycles. The fourth-order valence-electron chi connectivity index (χ4n) is 2.19. The Morgan fingerprint density at radius 2 is 1.95 bits per heavy atom. The molecule has 1 aromatic carbocycles. The highest BCUT2D eigenvalue weighted by Crippen LogP contribution is 2.27. The van der Waals surface area contributed by atoms with E-state index in [2.05, 4.69) is 16.8 Å².